The standard InChI is InChI=1S/C25H26ClN3O4/c1-4-5-8-19(18-9-6-7-10-20(18)26)24-28-15-21(29-24)23(33-16(2)30)22(25(31)32-3)17-11-13-27-14-12-17/h6-7,9-15,19H,4-5,8H2,1-3H3,(H,28,29). The van der Waals surface area contributed by atoms with Crippen LogP contribution in [0.15, 0.2) is 55.0 Å². The molecule has 2 aromatic heterocycles. The molecule has 0 amide bonds. The van der Waals surface area contributed by atoms with Gasteiger partial charge in [0.25, 0.3) is 0 Å². The highest BCUT2D eigenvalue weighted by molar-refractivity contribution is 6.31. The van der Waals surface area contributed by atoms with Crippen LogP contribution in [0, 0.1) is 0 Å². The van der Waals surface area contributed by atoms with Gasteiger partial charge in [-0.3, -0.25) is 9.78 Å². The molecule has 0 aliphatic carbocycles. The van der Waals surface area contributed by atoms with E-state index in [4.69, 9.17) is 21.1 Å². The van der Waals surface area contributed by atoms with E-state index in [0.717, 1.165) is 24.8 Å². The van der Waals surface area contributed by atoms with Crippen molar-refractivity contribution in [2.24, 2.45) is 0 Å². The molecule has 1 unspecified atom stereocenters. The van der Waals surface area contributed by atoms with Crippen molar-refractivity contribution >= 4 is 34.9 Å². The Morgan fingerprint density at radius 2 is 1.88 bits per heavy atom. The minimum atomic E-state index is -0.651. The Morgan fingerprint density at radius 1 is 1.15 bits per heavy atom. The van der Waals surface area contributed by atoms with Gasteiger partial charge < -0.3 is 14.5 Å². The van der Waals surface area contributed by atoms with Gasteiger partial charge in [0.2, 0.25) is 0 Å². The number of H-pyrrole nitrogens is 1. The summed E-state index contributed by atoms with van der Waals surface area (Å²) in [5.74, 6) is -0.621. The summed E-state index contributed by atoms with van der Waals surface area (Å²) in [6, 6.07) is 10.9. The molecule has 2 heterocycles. The molecule has 172 valence electrons. The summed E-state index contributed by atoms with van der Waals surface area (Å²) in [6.45, 7) is 3.39. The first kappa shape index (κ1) is 24.2. The molecule has 7 nitrogen and oxygen atoms in total. The van der Waals surface area contributed by atoms with E-state index >= 15 is 0 Å². The number of unbranched alkanes of at least 4 members (excludes halogenated alkanes) is 1. The van der Waals surface area contributed by atoms with Crippen LogP contribution in [0.5, 0.6) is 0 Å². The normalized spacial score (nSPS) is 12.6. The van der Waals surface area contributed by atoms with Crippen LogP contribution in [0.1, 0.15) is 61.7 Å². The minimum absolute atomic E-state index is 0.0349. The fourth-order valence-electron chi connectivity index (χ4n) is 3.58. The number of rotatable bonds is 9. The topological polar surface area (TPSA) is 94.2 Å². The molecule has 1 N–H and O–H groups in total. The molecule has 1 atom stereocenters. The van der Waals surface area contributed by atoms with E-state index in [9.17, 15) is 9.59 Å². The SMILES string of the molecule is CCCCC(c1ncc(C(OC(C)=O)=C(C(=O)OC)c2ccncc2)[nH]1)c1ccccc1Cl. The highest BCUT2D eigenvalue weighted by Gasteiger charge is 2.26. The number of aromatic nitrogens is 3. The summed E-state index contributed by atoms with van der Waals surface area (Å²) in [7, 11) is 1.27. The molecule has 3 aromatic rings. The number of methoxy groups -OCH3 is 1. The number of ether oxygens (including phenoxy) is 2. The number of hydrogen-bond acceptors (Lipinski definition) is 6. The van der Waals surface area contributed by atoms with Gasteiger partial charge in [0.15, 0.2) is 5.76 Å². The van der Waals surface area contributed by atoms with E-state index < -0.39 is 11.9 Å². The summed E-state index contributed by atoms with van der Waals surface area (Å²) < 4.78 is 10.5. The summed E-state index contributed by atoms with van der Waals surface area (Å²) in [4.78, 5) is 36.5. The van der Waals surface area contributed by atoms with Crippen LogP contribution in [-0.2, 0) is 19.1 Å². The fourth-order valence-corrected chi connectivity index (χ4v) is 3.85. The van der Waals surface area contributed by atoms with Crippen LogP contribution in [0.3, 0.4) is 0 Å². The lowest BCUT2D eigenvalue weighted by Gasteiger charge is -2.17. The number of carbonyl (C=O) groups is 2. The van der Waals surface area contributed by atoms with Crippen molar-refractivity contribution in [2.75, 3.05) is 7.11 Å². The third-order valence-corrected chi connectivity index (χ3v) is 5.47. The average Bonchev–Trinajstić information content (AvgIpc) is 3.30. The second kappa shape index (κ2) is 11.4. The first-order chi connectivity index (χ1) is 16.0. The quantitative estimate of drug-likeness (QED) is 0.258. The Balaban J connectivity index is 2.15. The second-order valence-electron chi connectivity index (χ2n) is 7.42. The number of hydrogen-bond donors (Lipinski definition) is 1. The number of carbonyl (C=O) groups excluding carboxylic acids is 2. The first-order valence-electron chi connectivity index (χ1n) is 10.7. The highest BCUT2D eigenvalue weighted by atomic mass is 35.5. The van der Waals surface area contributed by atoms with Crippen LogP contribution >= 0.6 is 11.6 Å². The molecule has 0 fully saturated rings. The molecule has 0 aliphatic heterocycles. The van der Waals surface area contributed by atoms with E-state index in [2.05, 4.69) is 21.9 Å². The molecule has 33 heavy (non-hydrogen) atoms. The summed E-state index contributed by atoms with van der Waals surface area (Å²) in [6.07, 6.45) is 7.45. The average molecular weight is 468 g/mol. The Hall–Kier alpha value is -3.45. The molecule has 3 rings (SSSR count). The van der Waals surface area contributed by atoms with Crippen LogP contribution in [-0.4, -0.2) is 34.0 Å². The number of aromatic amines is 1. The monoisotopic (exact) mass is 467 g/mol. The maximum atomic E-state index is 12.7. The Kier molecular flexibility index (Phi) is 8.38. The van der Waals surface area contributed by atoms with Gasteiger partial charge in [0, 0.05) is 30.3 Å². The molecule has 0 aliphatic rings. The van der Waals surface area contributed by atoms with Crippen LogP contribution in [0.25, 0.3) is 11.3 Å². The van der Waals surface area contributed by atoms with E-state index in [1.54, 1.807) is 30.7 Å². The third-order valence-electron chi connectivity index (χ3n) is 5.13. The maximum absolute atomic E-state index is 12.7. The lowest BCUT2D eigenvalue weighted by Crippen LogP contribution is -2.11. The fraction of sp³-hybridized carbons (Fsp3) is 0.280. The number of halogens is 1. The molecule has 0 bridgehead atoms. The number of benzene rings is 1. The van der Waals surface area contributed by atoms with Crippen molar-refractivity contribution in [3.05, 3.63) is 82.7 Å². The number of nitrogens with one attached hydrogen (secondary N) is 1. The lowest BCUT2D eigenvalue weighted by molar-refractivity contribution is -0.134. The molecular weight excluding hydrogens is 442 g/mol. The van der Waals surface area contributed by atoms with Gasteiger partial charge in [-0.1, -0.05) is 49.6 Å². The Bertz CT molecular complexity index is 1140. The van der Waals surface area contributed by atoms with Gasteiger partial charge in [-0.05, 0) is 35.7 Å². The molecular formula is C25H26ClN3O4. The Morgan fingerprint density at radius 3 is 2.52 bits per heavy atom. The van der Waals surface area contributed by atoms with Gasteiger partial charge in [0.1, 0.15) is 17.1 Å². The van der Waals surface area contributed by atoms with Gasteiger partial charge in [-0.15, -0.1) is 0 Å². The van der Waals surface area contributed by atoms with Gasteiger partial charge in [-0.2, -0.15) is 0 Å². The smallest absolute Gasteiger partial charge is 0.342 e. The predicted octanol–water partition coefficient (Wildman–Crippen LogP) is 5.38. The number of esters is 2. The van der Waals surface area contributed by atoms with Crippen LogP contribution < -0.4 is 0 Å². The minimum Gasteiger partial charge on any atom is -0.465 e. The molecule has 0 radical (unpaired) electrons. The molecule has 1 aromatic carbocycles. The van der Waals surface area contributed by atoms with Gasteiger partial charge >= 0.3 is 11.9 Å². The van der Waals surface area contributed by atoms with Crippen LogP contribution in [0.4, 0.5) is 0 Å². The van der Waals surface area contributed by atoms with Gasteiger partial charge in [0.05, 0.1) is 13.3 Å². The first-order valence-corrected chi connectivity index (χ1v) is 11.0. The van der Waals surface area contributed by atoms with Crippen molar-refractivity contribution in [3.8, 4) is 0 Å². The largest absolute Gasteiger partial charge is 0.465 e. The van der Waals surface area contributed by atoms with Crippen molar-refractivity contribution in [2.45, 2.75) is 39.0 Å². The molecule has 8 heteroatoms. The summed E-state index contributed by atoms with van der Waals surface area (Å²) in [5, 5.41) is 0.652. The zero-order valence-electron chi connectivity index (χ0n) is 18.8. The van der Waals surface area contributed by atoms with E-state index in [-0.39, 0.29) is 17.3 Å². The lowest BCUT2D eigenvalue weighted by atomic mass is 9.93. The zero-order chi connectivity index (χ0) is 23.8. The molecule has 0 saturated heterocycles. The van der Waals surface area contributed by atoms with Crippen LogP contribution in [0.2, 0.25) is 5.02 Å². The predicted molar refractivity (Wildman–Crippen MR) is 126 cm³/mol. The maximum Gasteiger partial charge on any atom is 0.342 e. The number of imidazole rings is 1. The van der Waals surface area contributed by atoms with Gasteiger partial charge in [-0.25, -0.2) is 9.78 Å². The van der Waals surface area contributed by atoms with E-state index in [0.29, 0.717) is 22.1 Å². The Labute approximate surface area is 197 Å². The van der Waals surface area contributed by atoms with Crippen molar-refractivity contribution in [1.82, 2.24) is 15.0 Å². The zero-order valence-corrected chi connectivity index (χ0v) is 19.6. The third kappa shape index (κ3) is 5.87. The van der Waals surface area contributed by atoms with E-state index in [1.165, 1.54) is 14.0 Å². The van der Waals surface area contributed by atoms with Crippen molar-refractivity contribution in [1.29, 1.82) is 0 Å². The molecule has 0 saturated carbocycles. The van der Waals surface area contributed by atoms with Crippen molar-refractivity contribution in [3.63, 3.8) is 0 Å². The number of pyridine rings is 1. The summed E-state index contributed by atoms with van der Waals surface area (Å²) >= 11 is 6.49. The highest BCUT2D eigenvalue weighted by Crippen LogP contribution is 2.34. The number of nitrogens with zero attached hydrogens (tertiary/aromatic N) is 2. The van der Waals surface area contributed by atoms with E-state index in [1.807, 2.05) is 24.3 Å². The second-order valence-corrected chi connectivity index (χ2v) is 7.83. The van der Waals surface area contributed by atoms with Crippen molar-refractivity contribution < 1.29 is 19.1 Å². The molecule has 0 spiro atoms. The summed E-state index contributed by atoms with van der Waals surface area (Å²) in [5.41, 5.74) is 1.92.